The molecule has 0 aromatic heterocycles. The second kappa shape index (κ2) is 2.60. The molecule has 0 unspecified atom stereocenters. The molecule has 1 aliphatic rings. The van der Waals surface area contributed by atoms with Crippen molar-refractivity contribution < 1.29 is 9.53 Å². The Hall–Kier alpha value is 0.807. The van der Waals surface area contributed by atoms with E-state index in [9.17, 15) is 4.79 Å². The number of rotatable bonds is 0. The summed E-state index contributed by atoms with van der Waals surface area (Å²) in [6.07, 6.45) is 0. The first-order valence-electron chi connectivity index (χ1n) is 2.05. The zero-order valence-corrected chi connectivity index (χ0v) is 9.73. The Balaban J connectivity index is 2.86. The number of cyclic esters (lactones) is 1. The van der Waals surface area contributed by atoms with Gasteiger partial charge in [0.1, 0.15) is 0 Å². The summed E-state index contributed by atoms with van der Waals surface area (Å²) in [5, 5.41) is 0. The molecule has 4 heteroatoms. The molecule has 0 saturated carbocycles. The first-order chi connectivity index (χ1) is 3.72. The van der Waals surface area contributed by atoms with Crippen LogP contribution in [0.1, 0.15) is 0 Å². The van der Waals surface area contributed by atoms with Gasteiger partial charge in [-0.15, -0.1) is 0 Å². The third-order valence-electron chi connectivity index (χ3n) is 0.854. The van der Waals surface area contributed by atoms with Gasteiger partial charge in [-0.1, -0.05) is 0 Å². The van der Waals surface area contributed by atoms with Crippen LogP contribution in [0.25, 0.3) is 0 Å². The Bertz CT molecular complexity index is 161. The van der Waals surface area contributed by atoms with Gasteiger partial charge in [0.2, 0.25) is 0 Å². The van der Waals surface area contributed by atoms with Crippen molar-refractivity contribution in [3.8, 4) is 0 Å². The Morgan fingerprint density at radius 3 is 2.25 bits per heavy atom. The summed E-state index contributed by atoms with van der Waals surface area (Å²) in [7, 11) is 0. The number of carbonyl (C=O) groups excluding carboxylic acids is 1. The SMILES string of the molecule is O=C1OC[C]([Sn])=[C]1[Sn]. The normalized spacial score (nSPS) is 19.5. The van der Waals surface area contributed by atoms with Crippen molar-refractivity contribution in [1.29, 1.82) is 0 Å². The van der Waals surface area contributed by atoms with Gasteiger partial charge in [-0.25, -0.2) is 0 Å². The molecule has 38 valence electrons. The standard InChI is InChI=1S/C4H2O2.2Sn/c5-4-2-1-3-6-4;;/h3H2;;. The molecule has 0 spiro atoms. The van der Waals surface area contributed by atoms with E-state index >= 15 is 0 Å². The van der Waals surface area contributed by atoms with Gasteiger partial charge in [-0.2, -0.15) is 0 Å². The number of carbonyl (C=O) groups is 1. The van der Waals surface area contributed by atoms with Crippen LogP contribution in [0.15, 0.2) is 7.18 Å². The average Bonchev–Trinajstić information content (AvgIpc) is 1.98. The zero-order chi connectivity index (χ0) is 6.15. The fourth-order valence-electron chi connectivity index (χ4n) is 0.405. The Morgan fingerprint density at radius 1 is 1.50 bits per heavy atom. The molecule has 0 N–H and O–H groups in total. The summed E-state index contributed by atoms with van der Waals surface area (Å²) < 4.78 is 6.79. The predicted octanol–water partition coefficient (Wildman–Crippen LogP) is -0.908. The quantitative estimate of drug-likeness (QED) is 0.427. The van der Waals surface area contributed by atoms with E-state index in [-0.39, 0.29) is 5.97 Å². The Labute approximate surface area is 73.8 Å². The fourth-order valence-corrected chi connectivity index (χ4v) is 1.31. The number of esters is 1. The van der Waals surface area contributed by atoms with Crippen molar-refractivity contribution in [2.45, 2.75) is 0 Å². The Kier molecular flexibility index (Phi) is 2.25. The zero-order valence-electron chi connectivity index (χ0n) is 4.02. The molecule has 0 atom stereocenters. The molecular formula is C4H2O2Sn2. The third-order valence-corrected chi connectivity index (χ3v) is 5.46. The number of hydrogen-bond acceptors (Lipinski definition) is 2. The minimum atomic E-state index is -0.102. The summed E-state index contributed by atoms with van der Waals surface area (Å²) in [5.41, 5.74) is 0. The monoisotopic (exact) mass is 322 g/mol. The molecule has 0 aromatic rings. The van der Waals surface area contributed by atoms with Gasteiger partial charge in [-0.3, -0.25) is 0 Å². The molecule has 8 heavy (non-hydrogen) atoms. The van der Waals surface area contributed by atoms with E-state index in [2.05, 4.69) is 0 Å². The van der Waals surface area contributed by atoms with Crippen molar-refractivity contribution in [3.63, 3.8) is 0 Å². The summed E-state index contributed by atoms with van der Waals surface area (Å²) in [6.45, 7) is 0.553. The molecular weight excluding hydrogens is 317 g/mol. The van der Waals surface area contributed by atoms with Crippen LogP contribution in [0.3, 0.4) is 0 Å². The van der Waals surface area contributed by atoms with E-state index in [0.717, 1.165) is 3.59 Å². The predicted molar refractivity (Wildman–Crippen MR) is 29.5 cm³/mol. The van der Waals surface area contributed by atoms with Crippen molar-refractivity contribution in [2.75, 3.05) is 6.61 Å². The Morgan fingerprint density at radius 2 is 2.12 bits per heavy atom. The van der Waals surface area contributed by atoms with E-state index in [1.54, 1.807) is 0 Å². The summed E-state index contributed by atoms with van der Waals surface area (Å²) in [4.78, 5) is 10.5. The fraction of sp³-hybridized carbons (Fsp3) is 0.250. The van der Waals surface area contributed by atoms with Crippen LogP contribution in [-0.2, 0) is 9.53 Å². The van der Waals surface area contributed by atoms with E-state index in [0.29, 0.717) is 6.61 Å². The van der Waals surface area contributed by atoms with Gasteiger partial charge < -0.3 is 0 Å². The van der Waals surface area contributed by atoms with E-state index < -0.39 is 0 Å². The van der Waals surface area contributed by atoms with E-state index in [1.165, 1.54) is 48.6 Å². The number of ether oxygens (including phenoxy) is 1. The van der Waals surface area contributed by atoms with Gasteiger partial charge in [0.25, 0.3) is 0 Å². The van der Waals surface area contributed by atoms with Crippen molar-refractivity contribution in [3.05, 3.63) is 7.18 Å². The first-order valence-corrected chi connectivity index (χ1v) is 4.90. The molecule has 1 rings (SSSR count). The summed E-state index contributed by atoms with van der Waals surface area (Å²) in [6, 6.07) is 0. The second-order valence-electron chi connectivity index (χ2n) is 1.43. The van der Waals surface area contributed by atoms with E-state index in [1.807, 2.05) is 0 Å². The van der Waals surface area contributed by atoms with Crippen LogP contribution in [0, 0.1) is 0 Å². The van der Waals surface area contributed by atoms with Gasteiger partial charge in [0.05, 0.1) is 0 Å². The minimum absolute atomic E-state index is 0.102. The van der Waals surface area contributed by atoms with Gasteiger partial charge in [-0.05, 0) is 0 Å². The molecule has 0 bridgehead atoms. The molecule has 0 fully saturated rings. The maximum absolute atomic E-state index is 10.5. The molecule has 0 aromatic carbocycles. The van der Waals surface area contributed by atoms with Gasteiger partial charge in [0, 0.05) is 0 Å². The topological polar surface area (TPSA) is 26.3 Å². The van der Waals surface area contributed by atoms with E-state index in [4.69, 9.17) is 4.74 Å². The number of hydrogen-bond donors (Lipinski definition) is 0. The van der Waals surface area contributed by atoms with Gasteiger partial charge >= 0.3 is 74.3 Å². The molecule has 1 heterocycles. The molecule has 6 radical (unpaired) electrons. The summed E-state index contributed by atoms with van der Waals surface area (Å²) >= 11 is 2.50. The van der Waals surface area contributed by atoms with Crippen LogP contribution in [-0.4, -0.2) is 57.6 Å². The van der Waals surface area contributed by atoms with Crippen LogP contribution < -0.4 is 0 Å². The molecule has 0 saturated heterocycles. The first kappa shape index (κ1) is 6.92. The van der Waals surface area contributed by atoms with Crippen LogP contribution in [0.5, 0.6) is 0 Å². The molecule has 2 nitrogen and oxygen atoms in total. The summed E-state index contributed by atoms with van der Waals surface area (Å²) in [5.74, 6) is -0.102. The second-order valence-corrected chi connectivity index (χ2v) is 4.58. The average molecular weight is 319 g/mol. The van der Waals surface area contributed by atoms with Crippen molar-refractivity contribution in [2.24, 2.45) is 0 Å². The van der Waals surface area contributed by atoms with Crippen LogP contribution in [0.2, 0.25) is 0 Å². The van der Waals surface area contributed by atoms with Crippen LogP contribution >= 0.6 is 0 Å². The molecule has 0 aliphatic carbocycles. The third kappa shape index (κ3) is 1.20. The van der Waals surface area contributed by atoms with Gasteiger partial charge in [0.15, 0.2) is 0 Å². The molecule has 0 amide bonds. The van der Waals surface area contributed by atoms with Crippen molar-refractivity contribution in [1.82, 2.24) is 0 Å². The van der Waals surface area contributed by atoms with Crippen molar-refractivity contribution >= 4 is 51.0 Å². The van der Waals surface area contributed by atoms with Crippen LogP contribution in [0.4, 0.5) is 0 Å². The maximum atomic E-state index is 10.5. The molecule has 1 aliphatic heterocycles.